The van der Waals surface area contributed by atoms with E-state index in [0.717, 1.165) is 38.8 Å². The number of hydrogen-bond acceptors (Lipinski definition) is 2. The number of aromatic nitrogens is 2. The minimum Gasteiger partial charge on any atom is -0.455 e. The van der Waals surface area contributed by atoms with Gasteiger partial charge < -0.3 is 13.6 Å². The lowest BCUT2D eigenvalue weighted by atomic mass is 9.98. The van der Waals surface area contributed by atoms with Crippen LogP contribution in [0.2, 0.25) is 0 Å². The minimum atomic E-state index is 0.547. The molecule has 3 aromatic heterocycles. The van der Waals surface area contributed by atoms with E-state index in [2.05, 4.69) is 143 Å². The molecule has 47 heavy (non-hydrogen) atoms. The Morgan fingerprint density at radius 3 is 2.00 bits per heavy atom. The monoisotopic (exact) mass is 599 g/mol. The molecule has 0 radical (unpaired) electrons. The van der Waals surface area contributed by atoms with Gasteiger partial charge in [-0.1, -0.05) is 84.9 Å². The van der Waals surface area contributed by atoms with E-state index in [1.165, 1.54) is 43.7 Å². The van der Waals surface area contributed by atoms with E-state index in [0.29, 0.717) is 11.1 Å². The number of benzene rings is 7. The normalized spacial score (nSPS) is 11.8. The third-order valence-corrected chi connectivity index (χ3v) is 9.55. The molecule has 0 saturated carbocycles. The van der Waals surface area contributed by atoms with Crippen LogP contribution in [-0.2, 0) is 0 Å². The molecule has 0 N–H and O–H groups in total. The summed E-state index contributed by atoms with van der Waals surface area (Å²) in [7, 11) is 0. The van der Waals surface area contributed by atoms with Crippen molar-refractivity contribution in [3.05, 3.63) is 157 Å². The van der Waals surface area contributed by atoms with Crippen LogP contribution in [0.4, 0.5) is 0 Å². The standard InChI is InChI=1S/C43H25N3O/c44-26-28-10-8-16-33-36-25-30(21-23-41(36)47-43(28)33)46-38-18-7-5-14-34(38)42-31(15-9-19-40(42)46)27-20-22-39-35(24-27)32-13-4-6-17-37(32)45(39)29-11-2-1-3-12-29/h1-25H. The lowest BCUT2D eigenvalue weighted by Gasteiger charge is -2.10. The van der Waals surface area contributed by atoms with Crippen molar-refractivity contribution in [3.8, 4) is 28.6 Å². The van der Waals surface area contributed by atoms with E-state index in [-0.39, 0.29) is 0 Å². The fourth-order valence-electron chi connectivity index (χ4n) is 7.55. The fraction of sp³-hybridized carbons (Fsp3) is 0. The number of hydrogen-bond donors (Lipinski definition) is 0. The van der Waals surface area contributed by atoms with E-state index in [1.54, 1.807) is 6.07 Å². The summed E-state index contributed by atoms with van der Waals surface area (Å²) in [5.74, 6) is 0. The van der Waals surface area contributed by atoms with Crippen molar-refractivity contribution in [2.75, 3.05) is 0 Å². The summed E-state index contributed by atoms with van der Waals surface area (Å²) in [5, 5.41) is 16.5. The van der Waals surface area contributed by atoms with Crippen molar-refractivity contribution in [1.29, 1.82) is 5.26 Å². The predicted octanol–water partition coefficient (Wildman–Crippen LogP) is 11.3. The Morgan fingerprint density at radius 1 is 0.468 bits per heavy atom. The molecular formula is C43H25N3O. The summed E-state index contributed by atoms with van der Waals surface area (Å²) in [6.07, 6.45) is 0. The average Bonchev–Trinajstić information content (AvgIpc) is 3.79. The van der Waals surface area contributed by atoms with Crippen molar-refractivity contribution in [2.45, 2.75) is 0 Å². The molecule has 218 valence electrons. The number of para-hydroxylation sites is 4. The van der Waals surface area contributed by atoms with Gasteiger partial charge in [-0.15, -0.1) is 0 Å². The van der Waals surface area contributed by atoms with Crippen LogP contribution in [0.1, 0.15) is 5.56 Å². The Labute approximate surface area is 269 Å². The fourth-order valence-corrected chi connectivity index (χ4v) is 7.55. The zero-order chi connectivity index (χ0) is 31.1. The first-order valence-electron chi connectivity index (χ1n) is 15.8. The predicted molar refractivity (Wildman–Crippen MR) is 193 cm³/mol. The Morgan fingerprint density at radius 2 is 1.15 bits per heavy atom. The van der Waals surface area contributed by atoms with Crippen molar-refractivity contribution in [3.63, 3.8) is 0 Å². The molecule has 0 aliphatic carbocycles. The summed E-state index contributed by atoms with van der Waals surface area (Å²) < 4.78 is 10.9. The van der Waals surface area contributed by atoms with E-state index in [4.69, 9.17) is 4.42 Å². The molecule has 0 bridgehead atoms. The van der Waals surface area contributed by atoms with Crippen LogP contribution >= 0.6 is 0 Å². The molecule has 4 nitrogen and oxygen atoms in total. The van der Waals surface area contributed by atoms with Crippen LogP contribution < -0.4 is 0 Å². The molecule has 7 aromatic carbocycles. The number of nitrogens with zero attached hydrogens (tertiary/aromatic N) is 3. The second kappa shape index (κ2) is 9.71. The second-order valence-corrected chi connectivity index (χ2v) is 12.0. The molecule has 4 heteroatoms. The zero-order valence-electron chi connectivity index (χ0n) is 25.2. The highest BCUT2D eigenvalue weighted by Crippen LogP contribution is 2.42. The number of rotatable bonds is 3. The highest BCUT2D eigenvalue weighted by molar-refractivity contribution is 6.18. The molecule has 0 saturated heterocycles. The number of furan rings is 1. The molecule has 0 aliphatic rings. The molecule has 0 amide bonds. The van der Waals surface area contributed by atoms with E-state index >= 15 is 0 Å². The van der Waals surface area contributed by atoms with Gasteiger partial charge in [-0.05, 0) is 77.9 Å². The van der Waals surface area contributed by atoms with Gasteiger partial charge in [-0.25, -0.2) is 0 Å². The molecule has 10 aromatic rings. The topological polar surface area (TPSA) is 46.8 Å². The molecule has 10 rings (SSSR count). The molecule has 0 spiro atoms. The minimum absolute atomic E-state index is 0.547. The van der Waals surface area contributed by atoms with Crippen LogP contribution in [0.3, 0.4) is 0 Å². The van der Waals surface area contributed by atoms with Gasteiger partial charge in [0, 0.05) is 43.7 Å². The van der Waals surface area contributed by atoms with E-state index in [9.17, 15) is 5.26 Å². The highest BCUT2D eigenvalue weighted by Gasteiger charge is 2.19. The SMILES string of the molecule is N#Cc1cccc2c1oc1ccc(-n3c4ccccc4c4c(-c5ccc6c(c5)c5ccccc5n6-c5ccccc5)cccc43)cc12. The molecule has 0 atom stereocenters. The Balaban J connectivity index is 1.23. The largest absolute Gasteiger partial charge is 0.455 e. The van der Waals surface area contributed by atoms with Crippen molar-refractivity contribution >= 4 is 65.6 Å². The van der Waals surface area contributed by atoms with Gasteiger partial charge in [0.25, 0.3) is 0 Å². The smallest absolute Gasteiger partial charge is 0.153 e. The van der Waals surface area contributed by atoms with Gasteiger partial charge in [0.05, 0.1) is 27.6 Å². The quantitative estimate of drug-likeness (QED) is 0.203. The Hall–Kier alpha value is -6.57. The van der Waals surface area contributed by atoms with Gasteiger partial charge in [-0.2, -0.15) is 5.26 Å². The Bertz CT molecular complexity index is 2910. The van der Waals surface area contributed by atoms with Crippen LogP contribution in [0.25, 0.3) is 88.1 Å². The van der Waals surface area contributed by atoms with Crippen molar-refractivity contribution in [1.82, 2.24) is 9.13 Å². The molecule has 3 heterocycles. The van der Waals surface area contributed by atoms with Crippen LogP contribution in [-0.4, -0.2) is 9.13 Å². The van der Waals surface area contributed by atoms with E-state index in [1.807, 2.05) is 18.2 Å². The molecule has 0 fully saturated rings. The van der Waals surface area contributed by atoms with Gasteiger partial charge in [0.2, 0.25) is 0 Å². The lowest BCUT2D eigenvalue weighted by Crippen LogP contribution is -1.93. The summed E-state index contributed by atoms with van der Waals surface area (Å²) in [6.45, 7) is 0. The third-order valence-electron chi connectivity index (χ3n) is 9.55. The zero-order valence-corrected chi connectivity index (χ0v) is 25.2. The summed E-state index contributed by atoms with van der Waals surface area (Å²) in [6, 6.07) is 55.7. The molecular weight excluding hydrogens is 574 g/mol. The van der Waals surface area contributed by atoms with Gasteiger partial charge >= 0.3 is 0 Å². The first-order valence-corrected chi connectivity index (χ1v) is 15.8. The lowest BCUT2D eigenvalue weighted by molar-refractivity contribution is 0.667. The Kier molecular flexibility index (Phi) is 5.32. The van der Waals surface area contributed by atoms with Gasteiger partial charge in [-0.3, -0.25) is 0 Å². The second-order valence-electron chi connectivity index (χ2n) is 12.0. The third kappa shape index (κ3) is 3.63. The summed E-state index contributed by atoms with van der Waals surface area (Å²) in [4.78, 5) is 0. The van der Waals surface area contributed by atoms with Gasteiger partial charge in [0.1, 0.15) is 11.7 Å². The maximum absolute atomic E-state index is 9.67. The summed E-state index contributed by atoms with van der Waals surface area (Å²) in [5.41, 5.74) is 11.2. The maximum atomic E-state index is 9.67. The molecule has 0 aliphatic heterocycles. The van der Waals surface area contributed by atoms with Crippen molar-refractivity contribution in [2.24, 2.45) is 0 Å². The molecule has 0 unspecified atom stereocenters. The van der Waals surface area contributed by atoms with Crippen LogP contribution in [0, 0.1) is 11.3 Å². The highest BCUT2D eigenvalue weighted by atomic mass is 16.3. The van der Waals surface area contributed by atoms with Crippen LogP contribution in [0.5, 0.6) is 0 Å². The maximum Gasteiger partial charge on any atom is 0.153 e. The first kappa shape index (κ1) is 25.7. The van der Waals surface area contributed by atoms with E-state index < -0.39 is 0 Å². The van der Waals surface area contributed by atoms with Gasteiger partial charge in [0.15, 0.2) is 5.58 Å². The van der Waals surface area contributed by atoms with Crippen LogP contribution in [0.15, 0.2) is 156 Å². The average molecular weight is 600 g/mol. The van der Waals surface area contributed by atoms with Crippen molar-refractivity contribution < 1.29 is 4.42 Å². The first-order chi connectivity index (χ1) is 23.3. The number of fused-ring (bicyclic) bond motifs is 9. The number of nitriles is 1. The summed E-state index contributed by atoms with van der Waals surface area (Å²) >= 11 is 0.